The second kappa shape index (κ2) is 4.46. The van der Waals surface area contributed by atoms with E-state index in [4.69, 9.17) is 5.73 Å². The van der Waals surface area contributed by atoms with Crippen molar-refractivity contribution in [1.29, 1.82) is 0 Å². The number of nitrogens with two attached hydrogens (primary N) is 1. The van der Waals surface area contributed by atoms with E-state index in [1.807, 2.05) is 41.0 Å². The molecule has 0 amide bonds. The lowest BCUT2D eigenvalue weighted by Crippen LogP contribution is -2.04. The van der Waals surface area contributed by atoms with Crippen LogP contribution in [0.25, 0.3) is 11.0 Å². The number of rotatable bonds is 2. The number of imidazole rings is 1. The van der Waals surface area contributed by atoms with Crippen molar-refractivity contribution in [3.63, 3.8) is 0 Å². The van der Waals surface area contributed by atoms with Crippen molar-refractivity contribution in [2.45, 2.75) is 6.54 Å². The zero-order valence-corrected chi connectivity index (χ0v) is 11.3. The van der Waals surface area contributed by atoms with E-state index in [2.05, 4.69) is 33.0 Å². The first kappa shape index (κ1) is 11.3. The first-order chi connectivity index (χ1) is 8.75. The molecular formula is C14H12BrN3. The number of benzene rings is 2. The van der Waals surface area contributed by atoms with Crippen LogP contribution in [-0.2, 0) is 6.54 Å². The van der Waals surface area contributed by atoms with Crippen molar-refractivity contribution in [2.24, 2.45) is 0 Å². The third-order valence-corrected chi connectivity index (χ3v) is 3.58. The molecule has 0 aliphatic carbocycles. The highest BCUT2D eigenvalue weighted by atomic mass is 79.9. The summed E-state index contributed by atoms with van der Waals surface area (Å²) >= 11 is 3.50. The predicted molar refractivity (Wildman–Crippen MR) is 77.4 cm³/mol. The lowest BCUT2D eigenvalue weighted by molar-refractivity contribution is 0.838. The van der Waals surface area contributed by atoms with Gasteiger partial charge in [-0.1, -0.05) is 36.4 Å². The summed E-state index contributed by atoms with van der Waals surface area (Å²) in [5.41, 5.74) is 9.17. The molecule has 0 fully saturated rings. The van der Waals surface area contributed by atoms with E-state index in [0.717, 1.165) is 22.1 Å². The molecule has 3 nitrogen and oxygen atoms in total. The van der Waals surface area contributed by atoms with Gasteiger partial charge in [-0.05, 0) is 33.6 Å². The fourth-order valence-corrected chi connectivity index (χ4v) is 2.51. The van der Waals surface area contributed by atoms with Crippen LogP contribution in [0.1, 0.15) is 5.56 Å². The molecule has 90 valence electrons. The Kier molecular flexibility index (Phi) is 2.80. The Morgan fingerprint density at radius 3 is 2.61 bits per heavy atom. The minimum atomic E-state index is 0.542. The minimum Gasteiger partial charge on any atom is -0.369 e. The van der Waals surface area contributed by atoms with Crippen LogP contribution in [0.2, 0.25) is 0 Å². The molecule has 2 aromatic carbocycles. The zero-order valence-electron chi connectivity index (χ0n) is 9.68. The Bertz CT molecular complexity index is 689. The molecular weight excluding hydrogens is 290 g/mol. The second-order valence-corrected chi connectivity index (χ2v) is 5.00. The number of para-hydroxylation sites is 1. The topological polar surface area (TPSA) is 43.8 Å². The molecule has 0 saturated heterocycles. The Labute approximate surface area is 113 Å². The predicted octanol–water partition coefficient (Wildman–Crippen LogP) is 3.43. The van der Waals surface area contributed by atoms with Gasteiger partial charge in [-0.2, -0.15) is 0 Å². The smallest absolute Gasteiger partial charge is 0.201 e. The average Bonchev–Trinajstić information content (AvgIpc) is 2.70. The Hall–Kier alpha value is -1.81. The molecule has 3 aromatic rings. The fraction of sp³-hybridized carbons (Fsp3) is 0.0714. The van der Waals surface area contributed by atoms with Gasteiger partial charge < -0.3 is 10.3 Å². The molecule has 1 aromatic heterocycles. The average molecular weight is 302 g/mol. The number of nitrogen functional groups attached to an aromatic ring is 1. The first-order valence-corrected chi connectivity index (χ1v) is 6.49. The second-order valence-electron chi connectivity index (χ2n) is 4.15. The molecule has 0 atom stereocenters. The summed E-state index contributed by atoms with van der Waals surface area (Å²) < 4.78 is 2.99. The van der Waals surface area contributed by atoms with Gasteiger partial charge in [-0.3, -0.25) is 0 Å². The molecule has 18 heavy (non-hydrogen) atoms. The molecule has 1 heterocycles. The summed E-state index contributed by atoms with van der Waals surface area (Å²) in [5, 5.41) is 0. The third kappa shape index (κ3) is 1.88. The number of hydrogen-bond donors (Lipinski definition) is 1. The quantitative estimate of drug-likeness (QED) is 0.788. The molecule has 3 rings (SSSR count). The van der Waals surface area contributed by atoms with Gasteiger partial charge in [0.1, 0.15) is 5.52 Å². The highest BCUT2D eigenvalue weighted by Crippen LogP contribution is 2.25. The van der Waals surface area contributed by atoms with Gasteiger partial charge >= 0.3 is 0 Å². The van der Waals surface area contributed by atoms with Crippen LogP contribution >= 0.6 is 15.9 Å². The number of fused-ring (bicyclic) bond motifs is 1. The molecule has 2 N–H and O–H groups in total. The van der Waals surface area contributed by atoms with E-state index < -0.39 is 0 Å². The van der Waals surface area contributed by atoms with E-state index in [1.54, 1.807) is 0 Å². The normalized spacial score (nSPS) is 10.9. The Morgan fingerprint density at radius 1 is 1.06 bits per heavy atom. The lowest BCUT2D eigenvalue weighted by atomic mass is 10.2. The van der Waals surface area contributed by atoms with Crippen LogP contribution in [0, 0.1) is 0 Å². The maximum absolute atomic E-state index is 6.00. The molecule has 0 radical (unpaired) electrons. The molecule has 0 aliphatic heterocycles. The maximum atomic E-state index is 6.00. The molecule has 0 aliphatic rings. The fourth-order valence-electron chi connectivity index (χ4n) is 2.06. The van der Waals surface area contributed by atoms with Crippen molar-refractivity contribution < 1.29 is 0 Å². The lowest BCUT2D eigenvalue weighted by Gasteiger charge is -2.06. The van der Waals surface area contributed by atoms with Crippen LogP contribution in [0.5, 0.6) is 0 Å². The summed E-state index contributed by atoms with van der Waals surface area (Å²) in [6, 6.07) is 16.2. The van der Waals surface area contributed by atoms with Crippen molar-refractivity contribution in [3.8, 4) is 0 Å². The highest BCUT2D eigenvalue weighted by Gasteiger charge is 2.10. The number of halogens is 1. The van der Waals surface area contributed by atoms with Gasteiger partial charge in [-0.15, -0.1) is 0 Å². The van der Waals surface area contributed by atoms with E-state index in [1.165, 1.54) is 5.56 Å². The zero-order chi connectivity index (χ0) is 12.5. The first-order valence-electron chi connectivity index (χ1n) is 5.70. The summed E-state index contributed by atoms with van der Waals surface area (Å²) in [4.78, 5) is 4.40. The van der Waals surface area contributed by atoms with Gasteiger partial charge in [0.15, 0.2) is 0 Å². The maximum Gasteiger partial charge on any atom is 0.201 e. The van der Waals surface area contributed by atoms with Crippen LogP contribution in [-0.4, -0.2) is 9.55 Å². The monoisotopic (exact) mass is 301 g/mol. The number of nitrogens with zero attached hydrogens (tertiary/aromatic N) is 2. The Morgan fingerprint density at radius 2 is 1.83 bits per heavy atom. The van der Waals surface area contributed by atoms with Gasteiger partial charge in [0, 0.05) is 4.47 Å². The molecule has 0 saturated carbocycles. The van der Waals surface area contributed by atoms with E-state index >= 15 is 0 Å². The van der Waals surface area contributed by atoms with E-state index in [-0.39, 0.29) is 0 Å². The van der Waals surface area contributed by atoms with Gasteiger partial charge in [0.2, 0.25) is 5.95 Å². The van der Waals surface area contributed by atoms with Crippen molar-refractivity contribution in [1.82, 2.24) is 9.55 Å². The van der Waals surface area contributed by atoms with Crippen LogP contribution in [0.3, 0.4) is 0 Å². The Balaban J connectivity index is 2.12. The van der Waals surface area contributed by atoms with Crippen LogP contribution in [0.4, 0.5) is 5.95 Å². The summed E-state index contributed by atoms with van der Waals surface area (Å²) in [7, 11) is 0. The van der Waals surface area contributed by atoms with Crippen molar-refractivity contribution >= 4 is 32.9 Å². The van der Waals surface area contributed by atoms with Crippen LogP contribution < -0.4 is 5.73 Å². The standard InChI is InChI=1S/C14H12BrN3/c15-11-7-4-8-12-13(11)17-14(16)18(12)9-10-5-2-1-3-6-10/h1-8H,9H2,(H2,16,17). The van der Waals surface area contributed by atoms with Crippen LogP contribution in [0.15, 0.2) is 53.0 Å². The number of aromatic nitrogens is 2. The minimum absolute atomic E-state index is 0.542. The molecule has 4 heteroatoms. The highest BCUT2D eigenvalue weighted by molar-refractivity contribution is 9.10. The van der Waals surface area contributed by atoms with Crippen molar-refractivity contribution in [2.75, 3.05) is 5.73 Å². The SMILES string of the molecule is Nc1nc2c(Br)cccc2n1Cc1ccccc1. The molecule has 0 unspecified atom stereocenters. The largest absolute Gasteiger partial charge is 0.369 e. The third-order valence-electron chi connectivity index (χ3n) is 2.94. The van der Waals surface area contributed by atoms with Gasteiger partial charge in [0.05, 0.1) is 12.1 Å². The van der Waals surface area contributed by atoms with E-state index in [0.29, 0.717) is 5.95 Å². The number of hydrogen-bond acceptors (Lipinski definition) is 2. The summed E-state index contributed by atoms with van der Waals surface area (Å²) in [6.07, 6.45) is 0. The van der Waals surface area contributed by atoms with Gasteiger partial charge in [-0.25, -0.2) is 4.98 Å². The van der Waals surface area contributed by atoms with E-state index in [9.17, 15) is 0 Å². The van der Waals surface area contributed by atoms with Gasteiger partial charge in [0.25, 0.3) is 0 Å². The summed E-state index contributed by atoms with van der Waals surface area (Å²) in [6.45, 7) is 0.736. The van der Waals surface area contributed by atoms with Crippen molar-refractivity contribution in [3.05, 3.63) is 58.6 Å². The molecule has 0 spiro atoms. The number of anilines is 1. The summed E-state index contributed by atoms with van der Waals surface area (Å²) in [5.74, 6) is 0.542. The molecule has 0 bridgehead atoms.